The topological polar surface area (TPSA) is 119 Å². The molecule has 2 heterocycles. The van der Waals surface area contributed by atoms with Crippen molar-refractivity contribution in [2.75, 3.05) is 18.2 Å². The number of amides is 2. The molecule has 0 bridgehead atoms. The minimum absolute atomic E-state index is 0.0201. The Hall–Kier alpha value is -4.26. The SMILES string of the molecule is COC(=O)[C@H](Cc1ccccc1)NC(=O)Nc1ccc([C@H]2O[C@@H](CSc3nc4ccccc4s3)C[C@@H](c3ccc(CO)cc3)O2)cc1. The number of carbonyl (C=O) groups is 2. The molecule has 0 spiro atoms. The monoisotopic (exact) mass is 669 g/mol. The summed E-state index contributed by atoms with van der Waals surface area (Å²) in [4.78, 5) is 30.0. The molecular formula is C36H35N3O6S2. The van der Waals surface area contributed by atoms with Crippen LogP contribution in [0.25, 0.3) is 10.2 Å². The van der Waals surface area contributed by atoms with Gasteiger partial charge in [-0.05, 0) is 41.0 Å². The molecule has 6 rings (SSSR count). The van der Waals surface area contributed by atoms with E-state index in [0.717, 1.165) is 36.8 Å². The number of thiazole rings is 1. The highest BCUT2D eigenvalue weighted by molar-refractivity contribution is 8.01. The van der Waals surface area contributed by atoms with Crippen molar-refractivity contribution >= 4 is 51.0 Å². The summed E-state index contributed by atoms with van der Waals surface area (Å²) in [5.74, 6) is 0.178. The minimum atomic E-state index is -0.841. The van der Waals surface area contributed by atoms with Gasteiger partial charge in [0.05, 0.1) is 36.1 Å². The van der Waals surface area contributed by atoms with E-state index in [-0.39, 0.29) is 18.8 Å². The zero-order valence-electron chi connectivity index (χ0n) is 25.7. The molecule has 1 aromatic heterocycles. The zero-order chi connectivity index (χ0) is 32.6. The number of hydrogen-bond acceptors (Lipinski definition) is 9. The fraction of sp³-hybridized carbons (Fsp3) is 0.250. The minimum Gasteiger partial charge on any atom is -0.467 e. The molecule has 1 saturated heterocycles. The van der Waals surface area contributed by atoms with Crippen molar-refractivity contribution < 1.29 is 28.9 Å². The van der Waals surface area contributed by atoms with Crippen molar-refractivity contribution in [2.24, 2.45) is 0 Å². The average Bonchev–Trinajstić information content (AvgIpc) is 3.54. The molecule has 1 fully saturated rings. The van der Waals surface area contributed by atoms with Crippen LogP contribution in [0.4, 0.5) is 10.5 Å². The number of para-hydroxylation sites is 1. The highest BCUT2D eigenvalue weighted by atomic mass is 32.2. The van der Waals surface area contributed by atoms with Crippen LogP contribution >= 0.6 is 23.1 Å². The average molecular weight is 670 g/mol. The number of thioether (sulfide) groups is 1. The number of benzene rings is 4. The summed E-state index contributed by atoms with van der Waals surface area (Å²) in [6.07, 6.45) is 0.00238. The van der Waals surface area contributed by atoms with Crippen LogP contribution in [0, 0.1) is 0 Å². The van der Waals surface area contributed by atoms with Gasteiger partial charge in [0.15, 0.2) is 10.6 Å². The smallest absolute Gasteiger partial charge is 0.328 e. The maximum atomic E-state index is 12.9. The van der Waals surface area contributed by atoms with Crippen molar-refractivity contribution in [1.29, 1.82) is 0 Å². The van der Waals surface area contributed by atoms with Crippen LogP contribution in [0.3, 0.4) is 0 Å². The van der Waals surface area contributed by atoms with Gasteiger partial charge >= 0.3 is 12.0 Å². The summed E-state index contributed by atoms with van der Waals surface area (Å²) in [6.45, 7) is -0.0201. The van der Waals surface area contributed by atoms with Crippen LogP contribution in [0.1, 0.15) is 41.1 Å². The standard InChI is InChI=1S/C36H35N3O6S2/c1-43-33(41)30(19-23-7-3-2-4-8-23)38-35(42)37-27-17-15-26(16-18-27)34-44-28(20-31(45-34)25-13-11-24(21-40)12-14-25)22-46-36-39-29-9-5-6-10-32(29)47-36/h2-18,28,30-31,34,40H,19-22H2,1H3,(H2,37,38,42)/t28-,30+,31+,34+/m1/s1. The third-order valence-corrected chi connectivity index (χ3v) is 10.1. The molecule has 0 unspecified atom stereocenters. The van der Waals surface area contributed by atoms with E-state index in [4.69, 9.17) is 19.2 Å². The summed E-state index contributed by atoms with van der Waals surface area (Å²) in [5.41, 5.74) is 5.09. The van der Waals surface area contributed by atoms with Crippen LogP contribution in [0.2, 0.25) is 0 Å². The molecule has 11 heteroatoms. The normalized spacial score (nSPS) is 18.4. The quantitative estimate of drug-likeness (QED) is 0.101. The number of methoxy groups -OCH3 is 1. The fourth-order valence-corrected chi connectivity index (χ4v) is 7.45. The molecule has 5 aromatic rings. The summed E-state index contributed by atoms with van der Waals surface area (Å²) in [5, 5.41) is 15.0. The Balaban J connectivity index is 1.13. The second kappa shape index (κ2) is 15.6. The predicted octanol–water partition coefficient (Wildman–Crippen LogP) is 7.03. The van der Waals surface area contributed by atoms with Crippen LogP contribution in [-0.2, 0) is 32.0 Å². The predicted molar refractivity (Wildman–Crippen MR) is 183 cm³/mol. The maximum Gasteiger partial charge on any atom is 0.328 e. The summed E-state index contributed by atoms with van der Waals surface area (Å²) < 4.78 is 20.0. The van der Waals surface area contributed by atoms with Crippen LogP contribution in [-0.4, -0.2) is 47.1 Å². The van der Waals surface area contributed by atoms with E-state index in [0.29, 0.717) is 24.3 Å². The largest absolute Gasteiger partial charge is 0.467 e. The Labute approximate surface area is 281 Å². The number of nitrogens with one attached hydrogen (secondary N) is 2. The number of rotatable bonds is 11. The lowest BCUT2D eigenvalue weighted by molar-refractivity contribution is -0.245. The Kier molecular flexibility index (Phi) is 10.8. The second-order valence-electron chi connectivity index (χ2n) is 11.1. The number of hydrogen-bond donors (Lipinski definition) is 3. The molecular weight excluding hydrogens is 635 g/mol. The van der Waals surface area contributed by atoms with Gasteiger partial charge in [-0.1, -0.05) is 90.6 Å². The highest BCUT2D eigenvalue weighted by Crippen LogP contribution is 2.40. The molecule has 242 valence electrons. The number of nitrogens with zero attached hydrogens (tertiary/aromatic N) is 1. The number of anilines is 1. The Morgan fingerprint density at radius 2 is 1.66 bits per heavy atom. The van der Waals surface area contributed by atoms with Crippen LogP contribution in [0.15, 0.2) is 107 Å². The molecule has 4 aromatic carbocycles. The van der Waals surface area contributed by atoms with Gasteiger partial charge in [-0.25, -0.2) is 14.6 Å². The molecule has 3 N–H and O–H groups in total. The number of ether oxygens (including phenoxy) is 3. The molecule has 1 aliphatic rings. The third-order valence-electron chi connectivity index (χ3n) is 7.80. The van der Waals surface area contributed by atoms with Gasteiger partial charge in [0, 0.05) is 29.8 Å². The van der Waals surface area contributed by atoms with Crippen molar-refractivity contribution in [2.45, 2.75) is 48.3 Å². The van der Waals surface area contributed by atoms with E-state index in [1.165, 1.54) is 7.11 Å². The summed E-state index contributed by atoms with van der Waals surface area (Å²) in [6, 6.07) is 31.2. The summed E-state index contributed by atoms with van der Waals surface area (Å²) >= 11 is 3.35. The van der Waals surface area contributed by atoms with E-state index in [2.05, 4.69) is 16.7 Å². The molecule has 2 amide bonds. The van der Waals surface area contributed by atoms with E-state index in [9.17, 15) is 14.7 Å². The lowest BCUT2D eigenvalue weighted by Gasteiger charge is -2.36. The zero-order valence-corrected chi connectivity index (χ0v) is 27.3. The van der Waals surface area contributed by atoms with Crippen molar-refractivity contribution in [3.05, 3.63) is 125 Å². The van der Waals surface area contributed by atoms with Gasteiger partial charge in [-0.15, -0.1) is 11.3 Å². The van der Waals surface area contributed by atoms with Gasteiger partial charge in [0.2, 0.25) is 0 Å². The Morgan fingerprint density at radius 1 is 0.936 bits per heavy atom. The number of carbonyl (C=O) groups excluding carboxylic acids is 2. The van der Waals surface area contributed by atoms with Gasteiger partial charge < -0.3 is 30.0 Å². The van der Waals surface area contributed by atoms with Crippen molar-refractivity contribution in [3.8, 4) is 0 Å². The van der Waals surface area contributed by atoms with E-state index < -0.39 is 24.3 Å². The number of aliphatic hydroxyl groups excluding tert-OH is 1. The lowest BCUT2D eigenvalue weighted by atomic mass is 10.0. The molecule has 1 aliphatic heterocycles. The number of esters is 1. The Bertz CT molecular complexity index is 1750. The van der Waals surface area contributed by atoms with E-state index >= 15 is 0 Å². The molecule has 47 heavy (non-hydrogen) atoms. The van der Waals surface area contributed by atoms with E-state index in [1.807, 2.05) is 84.9 Å². The molecule has 0 radical (unpaired) electrons. The molecule has 0 aliphatic carbocycles. The molecule has 9 nitrogen and oxygen atoms in total. The summed E-state index contributed by atoms with van der Waals surface area (Å²) in [7, 11) is 1.30. The number of aromatic nitrogens is 1. The van der Waals surface area contributed by atoms with Crippen molar-refractivity contribution in [1.82, 2.24) is 10.3 Å². The second-order valence-corrected chi connectivity index (χ2v) is 13.4. The highest BCUT2D eigenvalue weighted by Gasteiger charge is 2.32. The van der Waals surface area contributed by atoms with Crippen LogP contribution in [0.5, 0.6) is 0 Å². The lowest BCUT2D eigenvalue weighted by Crippen LogP contribution is -2.45. The number of urea groups is 1. The first-order valence-corrected chi connectivity index (χ1v) is 17.1. The fourth-order valence-electron chi connectivity index (χ4n) is 5.33. The van der Waals surface area contributed by atoms with Crippen molar-refractivity contribution in [3.63, 3.8) is 0 Å². The number of fused-ring (bicyclic) bond motifs is 1. The van der Waals surface area contributed by atoms with E-state index in [1.54, 1.807) is 35.2 Å². The maximum absolute atomic E-state index is 12.9. The van der Waals surface area contributed by atoms with Gasteiger partial charge in [0.25, 0.3) is 0 Å². The van der Waals surface area contributed by atoms with Gasteiger partial charge in [-0.3, -0.25) is 0 Å². The molecule has 4 atom stereocenters. The van der Waals surface area contributed by atoms with Gasteiger partial charge in [-0.2, -0.15) is 0 Å². The Morgan fingerprint density at radius 3 is 2.38 bits per heavy atom. The number of aliphatic hydroxyl groups is 1. The van der Waals surface area contributed by atoms with Gasteiger partial charge in [0.1, 0.15) is 6.04 Å². The first-order valence-electron chi connectivity index (χ1n) is 15.3. The van der Waals surface area contributed by atoms with Crippen LogP contribution < -0.4 is 10.6 Å². The molecule has 0 saturated carbocycles. The first-order chi connectivity index (χ1) is 23.0. The third kappa shape index (κ3) is 8.56. The first kappa shape index (κ1) is 32.7.